The van der Waals surface area contributed by atoms with Crippen molar-refractivity contribution in [2.45, 2.75) is 18.4 Å². The van der Waals surface area contributed by atoms with Crippen LogP contribution in [0.1, 0.15) is 23.0 Å². The average Bonchev–Trinajstić information content (AvgIpc) is 2.74. The van der Waals surface area contributed by atoms with Crippen molar-refractivity contribution in [3.8, 4) is 0 Å². The molecule has 3 aromatic rings. The van der Waals surface area contributed by atoms with Crippen LogP contribution >= 0.6 is 0 Å². The van der Waals surface area contributed by atoms with Crippen molar-refractivity contribution in [1.29, 1.82) is 0 Å². The fraction of sp³-hybridized carbons (Fsp3) is 0.286. The molecule has 1 aliphatic rings. The molecule has 1 saturated heterocycles. The van der Waals surface area contributed by atoms with Crippen LogP contribution in [0, 0.1) is 0 Å². The number of benzene rings is 1. The van der Waals surface area contributed by atoms with E-state index >= 15 is 0 Å². The SMILES string of the molecule is CC(=O)c1cccc(S(=O)(=O)N2CCN(Cc3cc(=O)n4ccccc4n3)CC2)c1. The second-order valence-corrected chi connectivity index (χ2v) is 9.22. The third kappa shape index (κ3) is 4.04. The van der Waals surface area contributed by atoms with E-state index in [2.05, 4.69) is 9.88 Å². The maximum Gasteiger partial charge on any atom is 0.258 e. The highest BCUT2D eigenvalue weighted by Gasteiger charge is 2.29. The van der Waals surface area contributed by atoms with Crippen molar-refractivity contribution in [3.63, 3.8) is 0 Å². The third-order valence-electron chi connectivity index (χ3n) is 5.22. The minimum Gasteiger partial charge on any atom is -0.295 e. The van der Waals surface area contributed by atoms with Gasteiger partial charge >= 0.3 is 0 Å². The first-order chi connectivity index (χ1) is 14.3. The lowest BCUT2D eigenvalue weighted by molar-refractivity contribution is 0.101. The maximum absolute atomic E-state index is 13.0. The molecule has 2 aromatic heterocycles. The number of rotatable bonds is 5. The van der Waals surface area contributed by atoms with Crippen molar-refractivity contribution >= 4 is 21.5 Å². The molecule has 4 rings (SSSR count). The van der Waals surface area contributed by atoms with Gasteiger partial charge in [0, 0.05) is 50.6 Å². The molecule has 0 radical (unpaired) electrons. The Bertz CT molecular complexity index is 1260. The van der Waals surface area contributed by atoms with Gasteiger partial charge in [0.15, 0.2) is 5.78 Å². The van der Waals surface area contributed by atoms with E-state index in [1.54, 1.807) is 30.5 Å². The summed E-state index contributed by atoms with van der Waals surface area (Å²) in [6.45, 7) is 3.62. The predicted octanol–water partition coefficient (Wildman–Crippen LogP) is 1.40. The second kappa shape index (κ2) is 8.10. The molecule has 0 saturated carbocycles. The van der Waals surface area contributed by atoms with Gasteiger partial charge in [-0.3, -0.25) is 18.9 Å². The van der Waals surface area contributed by atoms with Crippen molar-refractivity contribution in [2.75, 3.05) is 26.2 Å². The number of pyridine rings is 1. The molecule has 0 unspecified atom stereocenters. The molecule has 1 aromatic carbocycles. The maximum atomic E-state index is 13.0. The van der Waals surface area contributed by atoms with Crippen LogP contribution < -0.4 is 5.56 Å². The first kappa shape index (κ1) is 20.4. The smallest absolute Gasteiger partial charge is 0.258 e. The summed E-state index contributed by atoms with van der Waals surface area (Å²) in [6, 6.07) is 13.0. The molecule has 1 aliphatic heterocycles. The monoisotopic (exact) mass is 426 g/mol. The van der Waals surface area contributed by atoms with Crippen LogP contribution in [0.3, 0.4) is 0 Å². The minimum absolute atomic E-state index is 0.132. The molecule has 0 N–H and O–H groups in total. The van der Waals surface area contributed by atoms with Gasteiger partial charge in [-0.15, -0.1) is 0 Å². The van der Waals surface area contributed by atoms with E-state index in [0.29, 0.717) is 49.6 Å². The number of hydrogen-bond acceptors (Lipinski definition) is 6. The van der Waals surface area contributed by atoms with Crippen LogP contribution in [0.15, 0.2) is 64.4 Å². The van der Waals surface area contributed by atoms with E-state index in [4.69, 9.17) is 0 Å². The minimum atomic E-state index is -3.66. The normalized spacial score (nSPS) is 16.0. The number of Topliss-reactive ketones (excluding diaryl/α,β-unsaturated/α-hetero) is 1. The molecule has 9 heteroatoms. The largest absolute Gasteiger partial charge is 0.295 e. The molecule has 30 heavy (non-hydrogen) atoms. The summed E-state index contributed by atoms with van der Waals surface area (Å²) in [4.78, 5) is 30.6. The molecule has 0 spiro atoms. The van der Waals surface area contributed by atoms with Crippen molar-refractivity contribution < 1.29 is 13.2 Å². The zero-order valence-electron chi connectivity index (χ0n) is 16.6. The summed E-state index contributed by atoms with van der Waals surface area (Å²) in [5, 5.41) is 0. The fourth-order valence-corrected chi connectivity index (χ4v) is 5.03. The van der Waals surface area contributed by atoms with Crippen molar-refractivity contribution in [2.24, 2.45) is 0 Å². The summed E-state index contributed by atoms with van der Waals surface area (Å²) >= 11 is 0. The Kier molecular flexibility index (Phi) is 5.50. The van der Waals surface area contributed by atoms with Gasteiger partial charge in [0.2, 0.25) is 10.0 Å². The molecule has 8 nitrogen and oxygen atoms in total. The standard InChI is InChI=1S/C21H22N4O4S/c1-16(26)17-5-4-6-19(13-17)30(28,29)24-11-9-23(10-12-24)15-18-14-21(27)25-8-3-2-7-20(25)22-18/h2-8,13-14H,9-12,15H2,1H3. The number of nitrogens with zero attached hydrogens (tertiary/aromatic N) is 4. The lowest BCUT2D eigenvalue weighted by Crippen LogP contribution is -2.48. The van der Waals surface area contributed by atoms with E-state index in [9.17, 15) is 18.0 Å². The van der Waals surface area contributed by atoms with Gasteiger partial charge in [-0.1, -0.05) is 18.2 Å². The Hall–Kier alpha value is -2.88. The predicted molar refractivity (Wildman–Crippen MR) is 112 cm³/mol. The summed E-state index contributed by atoms with van der Waals surface area (Å²) in [6.07, 6.45) is 1.68. The molecule has 3 heterocycles. The third-order valence-corrected chi connectivity index (χ3v) is 7.11. The summed E-state index contributed by atoms with van der Waals surface area (Å²) in [7, 11) is -3.66. The Morgan fingerprint density at radius 1 is 1.03 bits per heavy atom. The lowest BCUT2D eigenvalue weighted by Gasteiger charge is -2.33. The average molecular weight is 426 g/mol. The number of sulfonamides is 1. The first-order valence-corrected chi connectivity index (χ1v) is 11.1. The van der Waals surface area contributed by atoms with E-state index in [1.165, 1.54) is 33.8 Å². The van der Waals surface area contributed by atoms with Crippen molar-refractivity contribution in [3.05, 3.63) is 76.3 Å². The molecule has 1 fully saturated rings. The topological polar surface area (TPSA) is 92.1 Å². The molecule has 0 bridgehead atoms. The molecule has 0 amide bonds. The molecule has 0 atom stereocenters. The van der Waals surface area contributed by atoms with Gasteiger partial charge in [-0.05, 0) is 31.2 Å². The number of hydrogen-bond donors (Lipinski definition) is 0. The van der Waals surface area contributed by atoms with Gasteiger partial charge in [0.25, 0.3) is 5.56 Å². The number of piperazine rings is 1. The molecular weight excluding hydrogens is 404 g/mol. The number of carbonyl (C=O) groups is 1. The molecular formula is C21H22N4O4S. The zero-order chi connectivity index (χ0) is 21.3. The summed E-state index contributed by atoms with van der Waals surface area (Å²) in [5.74, 6) is -0.171. The number of carbonyl (C=O) groups excluding carboxylic acids is 1. The van der Waals surface area contributed by atoms with Gasteiger partial charge in [-0.25, -0.2) is 13.4 Å². The number of fused-ring (bicyclic) bond motifs is 1. The first-order valence-electron chi connectivity index (χ1n) is 9.65. The van der Waals surface area contributed by atoms with Gasteiger partial charge in [0.05, 0.1) is 10.6 Å². The Morgan fingerprint density at radius 2 is 1.80 bits per heavy atom. The van der Waals surface area contributed by atoms with Crippen LogP contribution in [0.5, 0.6) is 0 Å². The quantitative estimate of drug-likeness (QED) is 0.573. The second-order valence-electron chi connectivity index (χ2n) is 7.28. The van der Waals surface area contributed by atoms with E-state index in [-0.39, 0.29) is 16.2 Å². The Balaban J connectivity index is 1.46. The van der Waals surface area contributed by atoms with E-state index in [0.717, 1.165) is 0 Å². The molecule has 156 valence electrons. The molecule has 0 aliphatic carbocycles. The highest BCUT2D eigenvalue weighted by atomic mass is 32.2. The summed E-state index contributed by atoms with van der Waals surface area (Å²) < 4.78 is 28.8. The van der Waals surface area contributed by atoms with Gasteiger partial charge in [-0.2, -0.15) is 4.31 Å². The van der Waals surface area contributed by atoms with Crippen LogP contribution in [-0.4, -0.2) is 59.0 Å². The van der Waals surface area contributed by atoms with Crippen molar-refractivity contribution in [1.82, 2.24) is 18.6 Å². The highest BCUT2D eigenvalue weighted by Crippen LogP contribution is 2.19. The van der Waals surface area contributed by atoms with Gasteiger partial charge < -0.3 is 0 Å². The van der Waals surface area contributed by atoms with E-state index < -0.39 is 10.0 Å². The number of ketones is 1. The van der Waals surface area contributed by atoms with Crippen LogP contribution in [0.4, 0.5) is 0 Å². The number of aromatic nitrogens is 2. The Morgan fingerprint density at radius 3 is 2.53 bits per heavy atom. The lowest BCUT2D eigenvalue weighted by atomic mass is 10.2. The van der Waals surface area contributed by atoms with E-state index in [1.807, 2.05) is 6.07 Å². The Labute approximate surface area is 174 Å². The summed E-state index contributed by atoms with van der Waals surface area (Å²) in [5.41, 5.74) is 1.49. The zero-order valence-corrected chi connectivity index (χ0v) is 17.4. The van der Waals surface area contributed by atoms with Crippen LogP contribution in [0.2, 0.25) is 0 Å². The van der Waals surface area contributed by atoms with Gasteiger partial charge in [0.1, 0.15) is 5.65 Å². The fourth-order valence-electron chi connectivity index (χ4n) is 3.57. The highest BCUT2D eigenvalue weighted by molar-refractivity contribution is 7.89. The van der Waals surface area contributed by atoms with Crippen LogP contribution in [-0.2, 0) is 16.6 Å². The van der Waals surface area contributed by atoms with Crippen LogP contribution in [0.25, 0.3) is 5.65 Å².